The van der Waals surface area contributed by atoms with Gasteiger partial charge in [-0.1, -0.05) is 23.7 Å². The van der Waals surface area contributed by atoms with E-state index < -0.39 is 17.3 Å². The Kier molecular flexibility index (Phi) is 3.78. The molecule has 0 aliphatic heterocycles. The average molecular weight is 374 g/mol. The summed E-state index contributed by atoms with van der Waals surface area (Å²) in [4.78, 5) is 24.9. The van der Waals surface area contributed by atoms with Gasteiger partial charge in [-0.3, -0.25) is 4.79 Å². The van der Waals surface area contributed by atoms with Gasteiger partial charge in [0, 0.05) is 5.39 Å². The van der Waals surface area contributed by atoms with E-state index in [4.69, 9.17) is 16.0 Å². The fourth-order valence-corrected chi connectivity index (χ4v) is 3.81. The fraction of sp³-hybridized carbons (Fsp3) is 0. The van der Waals surface area contributed by atoms with Crippen LogP contribution in [0.25, 0.3) is 21.1 Å². The van der Waals surface area contributed by atoms with Crippen LogP contribution in [0.5, 0.6) is 0 Å². The smallest absolute Gasteiger partial charge is 0.345 e. The lowest BCUT2D eigenvalue weighted by atomic mass is 10.2. The summed E-state index contributed by atoms with van der Waals surface area (Å²) in [5.74, 6) is -0.924. The van der Waals surface area contributed by atoms with Crippen LogP contribution in [0.15, 0.2) is 57.7 Å². The van der Waals surface area contributed by atoms with Crippen LogP contribution in [-0.4, -0.2) is 5.91 Å². The molecule has 1 N–H and O–H groups in total. The first kappa shape index (κ1) is 15.8. The second-order valence-electron chi connectivity index (χ2n) is 5.32. The van der Waals surface area contributed by atoms with Crippen molar-refractivity contribution in [3.63, 3.8) is 0 Å². The molecule has 0 saturated heterocycles. The largest absolute Gasteiger partial charge is 0.422 e. The summed E-state index contributed by atoms with van der Waals surface area (Å²) in [5, 5.41) is 3.83. The molecule has 0 aliphatic rings. The number of fused-ring (bicyclic) bond motifs is 3. The number of hydrogen-bond acceptors (Lipinski definition) is 4. The van der Waals surface area contributed by atoms with Gasteiger partial charge in [0.1, 0.15) is 11.4 Å². The van der Waals surface area contributed by atoms with E-state index in [1.807, 2.05) is 12.1 Å². The summed E-state index contributed by atoms with van der Waals surface area (Å²) in [5.41, 5.74) is 0.265. The van der Waals surface area contributed by atoms with Crippen molar-refractivity contribution in [3.05, 3.63) is 74.7 Å². The molecule has 0 atom stereocenters. The molecule has 4 rings (SSSR count). The molecule has 0 radical (unpaired) electrons. The molecule has 0 unspecified atom stereocenters. The van der Waals surface area contributed by atoms with E-state index in [0.29, 0.717) is 26.2 Å². The van der Waals surface area contributed by atoms with Crippen LogP contribution in [0.1, 0.15) is 9.67 Å². The molecule has 25 heavy (non-hydrogen) atoms. The number of halogens is 2. The normalized spacial score (nSPS) is 11.1. The van der Waals surface area contributed by atoms with E-state index in [1.54, 1.807) is 12.1 Å². The van der Waals surface area contributed by atoms with Crippen molar-refractivity contribution < 1.29 is 13.6 Å². The molecule has 0 bridgehead atoms. The van der Waals surface area contributed by atoms with Crippen molar-refractivity contribution in [2.24, 2.45) is 0 Å². The minimum absolute atomic E-state index is 0.0967. The molecule has 124 valence electrons. The van der Waals surface area contributed by atoms with Gasteiger partial charge in [-0.15, -0.1) is 11.3 Å². The minimum Gasteiger partial charge on any atom is -0.422 e. The summed E-state index contributed by atoms with van der Waals surface area (Å²) in [6, 6.07) is 12.3. The lowest BCUT2D eigenvalue weighted by Crippen LogP contribution is -2.10. The Morgan fingerprint density at radius 3 is 2.72 bits per heavy atom. The van der Waals surface area contributed by atoms with Crippen LogP contribution in [0.3, 0.4) is 0 Å². The molecule has 0 spiro atoms. The van der Waals surface area contributed by atoms with E-state index in [-0.39, 0.29) is 5.02 Å². The number of anilines is 1. The maximum Gasteiger partial charge on any atom is 0.345 e. The Labute approximate surface area is 149 Å². The molecular weight excluding hydrogens is 365 g/mol. The third kappa shape index (κ3) is 2.79. The number of amides is 1. The number of rotatable bonds is 2. The topological polar surface area (TPSA) is 59.3 Å². The Balaban J connectivity index is 1.79. The molecule has 4 nitrogen and oxygen atoms in total. The highest BCUT2D eigenvalue weighted by Gasteiger charge is 2.16. The van der Waals surface area contributed by atoms with Crippen LogP contribution < -0.4 is 10.9 Å². The van der Waals surface area contributed by atoms with Gasteiger partial charge in [0.25, 0.3) is 5.91 Å². The zero-order valence-corrected chi connectivity index (χ0v) is 14.1. The second-order valence-corrected chi connectivity index (χ2v) is 6.78. The molecule has 4 aromatic rings. The van der Waals surface area contributed by atoms with Crippen LogP contribution in [0.2, 0.25) is 5.02 Å². The summed E-state index contributed by atoms with van der Waals surface area (Å²) < 4.78 is 19.1. The van der Waals surface area contributed by atoms with Crippen LogP contribution >= 0.6 is 22.9 Å². The van der Waals surface area contributed by atoms with E-state index >= 15 is 0 Å². The summed E-state index contributed by atoms with van der Waals surface area (Å²) in [7, 11) is 0. The summed E-state index contributed by atoms with van der Waals surface area (Å²) >= 11 is 7.11. The van der Waals surface area contributed by atoms with Crippen LogP contribution in [0, 0.1) is 5.82 Å². The molecule has 0 aliphatic carbocycles. The Morgan fingerprint density at radius 2 is 1.92 bits per heavy atom. The van der Waals surface area contributed by atoms with Crippen molar-refractivity contribution in [2.45, 2.75) is 0 Å². The fourth-order valence-electron chi connectivity index (χ4n) is 2.53. The maximum absolute atomic E-state index is 13.1. The quantitative estimate of drug-likeness (QED) is 0.500. The van der Waals surface area contributed by atoms with Gasteiger partial charge >= 0.3 is 5.63 Å². The lowest BCUT2D eigenvalue weighted by Gasteiger charge is -2.05. The molecule has 2 aromatic carbocycles. The first-order chi connectivity index (χ1) is 12.0. The van der Waals surface area contributed by atoms with Gasteiger partial charge in [-0.2, -0.15) is 0 Å². The zero-order valence-electron chi connectivity index (χ0n) is 12.5. The summed E-state index contributed by atoms with van der Waals surface area (Å²) in [6.45, 7) is 0. The van der Waals surface area contributed by atoms with Gasteiger partial charge in [0.2, 0.25) is 0 Å². The van der Waals surface area contributed by atoms with Crippen molar-refractivity contribution in [2.75, 3.05) is 5.32 Å². The number of para-hydroxylation sites is 1. The third-order valence-electron chi connectivity index (χ3n) is 3.69. The third-order valence-corrected chi connectivity index (χ3v) is 5.17. The standard InChI is InChI=1S/C18H9ClFNO3S/c19-12-7-9(20)5-6-13(12)21-17(22)15-8-11-16(25-15)10-3-1-2-4-14(10)24-18(11)23/h1-8H,(H,21,22). The monoisotopic (exact) mass is 373 g/mol. The number of thiophene rings is 1. The number of benzene rings is 2. The predicted molar refractivity (Wildman–Crippen MR) is 97.2 cm³/mol. The first-order valence-corrected chi connectivity index (χ1v) is 8.44. The van der Waals surface area contributed by atoms with Crippen molar-refractivity contribution in [1.29, 1.82) is 0 Å². The summed E-state index contributed by atoms with van der Waals surface area (Å²) in [6.07, 6.45) is 0. The van der Waals surface area contributed by atoms with E-state index in [1.165, 1.54) is 29.5 Å². The lowest BCUT2D eigenvalue weighted by molar-refractivity contribution is 0.103. The predicted octanol–water partition coefficient (Wildman–Crippen LogP) is 5.05. The van der Waals surface area contributed by atoms with E-state index in [2.05, 4.69) is 5.32 Å². The van der Waals surface area contributed by atoms with Crippen molar-refractivity contribution in [1.82, 2.24) is 0 Å². The Hall–Kier alpha value is -2.70. The molecule has 7 heteroatoms. The van der Waals surface area contributed by atoms with E-state index in [0.717, 1.165) is 11.5 Å². The maximum atomic E-state index is 13.1. The highest BCUT2D eigenvalue weighted by atomic mass is 35.5. The number of carbonyl (C=O) groups excluding carboxylic acids is 1. The number of nitrogens with one attached hydrogen (secondary N) is 1. The molecule has 1 amide bonds. The zero-order chi connectivity index (χ0) is 17.6. The van der Waals surface area contributed by atoms with Gasteiger partial charge in [-0.25, -0.2) is 9.18 Å². The molecule has 0 saturated carbocycles. The Morgan fingerprint density at radius 1 is 1.12 bits per heavy atom. The molecular formula is C18H9ClFNO3S. The highest BCUT2D eigenvalue weighted by Crippen LogP contribution is 2.31. The molecule has 2 aromatic heterocycles. The second kappa shape index (κ2) is 5.98. The van der Waals surface area contributed by atoms with Gasteiger partial charge in [0.15, 0.2) is 0 Å². The number of carbonyl (C=O) groups is 1. The average Bonchev–Trinajstić information content (AvgIpc) is 3.04. The highest BCUT2D eigenvalue weighted by molar-refractivity contribution is 7.21. The molecule has 2 heterocycles. The minimum atomic E-state index is -0.496. The van der Waals surface area contributed by atoms with Gasteiger partial charge < -0.3 is 9.73 Å². The molecule has 0 fully saturated rings. The SMILES string of the molecule is O=C(Nc1ccc(F)cc1Cl)c1cc2c(=O)oc3ccccc3c2s1. The van der Waals surface area contributed by atoms with Gasteiger partial charge in [0.05, 0.1) is 25.7 Å². The Bertz CT molecular complexity index is 1200. The van der Waals surface area contributed by atoms with Crippen molar-refractivity contribution in [3.8, 4) is 0 Å². The van der Waals surface area contributed by atoms with Crippen LogP contribution in [0.4, 0.5) is 10.1 Å². The van der Waals surface area contributed by atoms with Gasteiger partial charge in [-0.05, 0) is 36.4 Å². The first-order valence-electron chi connectivity index (χ1n) is 7.25. The number of hydrogen-bond donors (Lipinski definition) is 1. The van der Waals surface area contributed by atoms with E-state index in [9.17, 15) is 14.0 Å². The van der Waals surface area contributed by atoms with Crippen LogP contribution in [-0.2, 0) is 0 Å². The van der Waals surface area contributed by atoms with Crippen molar-refractivity contribution >= 4 is 55.6 Å².